The number of aromatic nitrogens is 2. The van der Waals surface area contributed by atoms with Gasteiger partial charge in [0.25, 0.3) is 0 Å². The summed E-state index contributed by atoms with van der Waals surface area (Å²) < 4.78 is 0. The van der Waals surface area contributed by atoms with Gasteiger partial charge in [-0.05, 0) is 74.1 Å². The monoisotopic (exact) mass is 386 g/mol. The molecule has 5 heteroatoms. The molecule has 29 heavy (non-hydrogen) atoms. The van der Waals surface area contributed by atoms with Crippen molar-refractivity contribution in [3.05, 3.63) is 70.4 Å². The van der Waals surface area contributed by atoms with E-state index in [1.165, 1.54) is 0 Å². The predicted octanol–water partition coefficient (Wildman–Crippen LogP) is 5.65. The molecule has 5 nitrogen and oxygen atoms in total. The first-order valence-electron chi connectivity index (χ1n) is 10.0. The van der Waals surface area contributed by atoms with E-state index < -0.39 is 0 Å². The van der Waals surface area contributed by atoms with Gasteiger partial charge in [-0.15, -0.1) is 0 Å². The topological polar surface area (TPSA) is 66.9 Å². The van der Waals surface area contributed by atoms with Gasteiger partial charge in [0.1, 0.15) is 5.82 Å². The molecule has 1 atom stereocenters. The molecule has 0 fully saturated rings. The molecule has 0 spiro atoms. The molecule has 2 aromatic carbocycles. The average molecular weight is 386 g/mol. The highest BCUT2D eigenvalue weighted by molar-refractivity contribution is 6.03. The van der Waals surface area contributed by atoms with E-state index in [4.69, 9.17) is 4.98 Å². The summed E-state index contributed by atoms with van der Waals surface area (Å²) in [4.78, 5) is 22.2. The van der Waals surface area contributed by atoms with Crippen LogP contribution in [0.2, 0.25) is 0 Å². The summed E-state index contributed by atoms with van der Waals surface area (Å²) in [5.74, 6) is 1.47. The number of benzene rings is 2. The molecular formula is C24H26N4O. The molecule has 0 radical (unpaired) electrons. The van der Waals surface area contributed by atoms with Crippen LogP contribution in [0.4, 0.5) is 23.1 Å². The normalized spacial score (nSPS) is 15.7. The number of nitrogens with zero attached hydrogens (tertiary/aromatic N) is 2. The summed E-state index contributed by atoms with van der Waals surface area (Å²) >= 11 is 0. The Balaban J connectivity index is 1.77. The van der Waals surface area contributed by atoms with E-state index in [1.54, 1.807) is 0 Å². The fourth-order valence-corrected chi connectivity index (χ4v) is 3.95. The van der Waals surface area contributed by atoms with Crippen LogP contribution in [0.15, 0.2) is 42.5 Å². The SMILES string of the molecule is Cc1cccc(Nc2nc3c(c(Nc4cc(C)cc(C)c4)n2)C(=O)CC(C)C3)c1. The Kier molecular flexibility index (Phi) is 5.05. The van der Waals surface area contributed by atoms with E-state index in [9.17, 15) is 4.79 Å². The average Bonchev–Trinajstić information content (AvgIpc) is 2.60. The number of rotatable bonds is 4. The number of aryl methyl sites for hydroxylation is 3. The molecule has 148 valence electrons. The molecule has 0 saturated heterocycles. The van der Waals surface area contributed by atoms with E-state index in [1.807, 2.05) is 31.2 Å². The van der Waals surface area contributed by atoms with Gasteiger partial charge in [0, 0.05) is 17.8 Å². The number of hydrogen-bond donors (Lipinski definition) is 2. The maximum Gasteiger partial charge on any atom is 0.229 e. The minimum Gasteiger partial charge on any atom is -0.339 e. The highest BCUT2D eigenvalue weighted by Gasteiger charge is 2.28. The Labute approximate surface area is 171 Å². The zero-order valence-electron chi connectivity index (χ0n) is 17.3. The first kappa shape index (κ1) is 19.1. The maximum absolute atomic E-state index is 12.8. The molecule has 1 aromatic heterocycles. The number of nitrogens with one attached hydrogen (secondary N) is 2. The van der Waals surface area contributed by atoms with Gasteiger partial charge in [-0.3, -0.25) is 4.79 Å². The number of fused-ring (bicyclic) bond motifs is 1. The van der Waals surface area contributed by atoms with Crippen molar-refractivity contribution in [2.75, 3.05) is 10.6 Å². The fraction of sp³-hybridized carbons (Fsp3) is 0.292. The van der Waals surface area contributed by atoms with Crippen molar-refractivity contribution in [2.24, 2.45) is 5.92 Å². The Bertz CT molecular complexity index is 1070. The fourth-order valence-electron chi connectivity index (χ4n) is 3.95. The highest BCUT2D eigenvalue weighted by Crippen LogP contribution is 2.32. The zero-order valence-corrected chi connectivity index (χ0v) is 17.3. The van der Waals surface area contributed by atoms with E-state index in [0.29, 0.717) is 23.8 Å². The standard InChI is InChI=1S/C24H26N4O/c1-14-6-5-7-18(9-14)26-24-27-20-12-17(4)13-21(29)22(20)23(28-24)25-19-10-15(2)8-16(3)11-19/h5-11,17H,12-13H2,1-4H3,(H2,25,26,27,28). The third-order valence-corrected chi connectivity index (χ3v) is 5.10. The summed E-state index contributed by atoms with van der Waals surface area (Å²) in [5, 5.41) is 6.68. The molecule has 0 aliphatic heterocycles. The third-order valence-electron chi connectivity index (χ3n) is 5.10. The largest absolute Gasteiger partial charge is 0.339 e. The number of carbonyl (C=O) groups is 1. The maximum atomic E-state index is 12.8. The molecule has 1 aliphatic carbocycles. The summed E-state index contributed by atoms with van der Waals surface area (Å²) in [6, 6.07) is 14.3. The third kappa shape index (κ3) is 4.29. The van der Waals surface area contributed by atoms with E-state index in [0.717, 1.165) is 40.2 Å². The molecule has 0 saturated carbocycles. The Morgan fingerprint density at radius 1 is 0.862 bits per heavy atom. The Hall–Kier alpha value is -3.21. The number of Topliss-reactive ketones (excluding diaryl/α,β-unsaturated/α-hetero) is 1. The van der Waals surface area contributed by atoms with Crippen molar-refractivity contribution in [2.45, 2.75) is 40.5 Å². The van der Waals surface area contributed by atoms with Crippen molar-refractivity contribution in [1.29, 1.82) is 0 Å². The molecule has 2 N–H and O–H groups in total. The molecule has 0 bridgehead atoms. The first-order chi connectivity index (χ1) is 13.9. The van der Waals surface area contributed by atoms with Crippen LogP contribution in [0.3, 0.4) is 0 Å². The summed E-state index contributed by atoms with van der Waals surface area (Å²) in [5.41, 5.74) is 6.77. The van der Waals surface area contributed by atoms with Gasteiger partial charge < -0.3 is 10.6 Å². The van der Waals surface area contributed by atoms with Crippen LogP contribution in [0.1, 0.15) is 46.1 Å². The van der Waals surface area contributed by atoms with Crippen LogP contribution in [0, 0.1) is 26.7 Å². The van der Waals surface area contributed by atoms with Crippen LogP contribution in [0.5, 0.6) is 0 Å². The van der Waals surface area contributed by atoms with Crippen LogP contribution in [-0.4, -0.2) is 15.8 Å². The summed E-state index contributed by atoms with van der Waals surface area (Å²) in [6.45, 7) is 8.26. The minimum atomic E-state index is 0.104. The highest BCUT2D eigenvalue weighted by atomic mass is 16.1. The number of anilines is 4. The zero-order chi connectivity index (χ0) is 20.5. The van der Waals surface area contributed by atoms with Crippen molar-refractivity contribution in [1.82, 2.24) is 9.97 Å². The second-order valence-electron chi connectivity index (χ2n) is 8.15. The van der Waals surface area contributed by atoms with Crippen LogP contribution in [-0.2, 0) is 6.42 Å². The van der Waals surface area contributed by atoms with Gasteiger partial charge >= 0.3 is 0 Å². The Morgan fingerprint density at radius 3 is 2.31 bits per heavy atom. The first-order valence-corrected chi connectivity index (χ1v) is 10.0. The van der Waals surface area contributed by atoms with Crippen LogP contribution in [0.25, 0.3) is 0 Å². The lowest BCUT2D eigenvalue weighted by molar-refractivity contribution is 0.0953. The molecule has 4 rings (SSSR count). The van der Waals surface area contributed by atoms with E-state index >= 15 is 0 Å². The lowest BCUT2D eigenvalue weighted by Crippen LogP contribution is -2.22. The molecule has 0 amide bonds. The van der Waals surface area contributed by atoms with Crippen molar-refractivity contribution >= 4 is 28.9 Å². The van der Waals surface area contributed by atoms with Gasteiger partial charge in [-0.1, -0.05) is 25.1 Å². The smallest absolute Gasteiger partial charge is 0.229 e. The molecule has 1 aliphatic rings. The second-order valence-corrected chi connectivity index (χ2v) is 8.15. The minimum absolute atomic E-state index is 0.104. The van der Waals surface area contributed by atoms with E-state index in [-0.39, 0.29) is 11.7 Å². The van der Waals surface area contributed by atoms with Gasteiger partial charge in [0.05, 0.1) is 11.3 Å². The molecule has 3 aromatic rings. The van der Waals surface area contributed by atoms with Crippen molar-refractivity contribution in [3.8, 4) is 0 Å². The molecule has 1 unspecified atom stereocenters. The summed E-state index contributed by atoms with van der Waals surface area (Å²) in [6.07, 6.45) is 1.30. The van der Waals surface area contributed by atoms with Gasteiger partial charge in [0.15, 0.2) is 5.78 Å². The van der Waals surface area contributed by atoms with Crippen LogP contribution < -0.4 is 10.6 Å². The second kappa shape index (κ2) is 7.66. The molecular weight excluding hydrogens is 360 g/mol. The number of carbonyl (C=O) groups excluding carboxylic acids is 1. The Morgan fingerprint density at radius 2 is 1.59 bits per heavy atom. The van der Waals surface area contributed by atoms with Gasteiger partial charge in [-0.25, -0.2) is 4.98 Å². The lowest BCUT2D eigenvalue weighted by atomic mass is 9.87. The van der Waals surface area contributed by atoms with E-state index in [2.05, 4.69) is 54.6 Å². The lowest BCUT2D eigenvalue weighted by Gasteiger charge is -2.23. The number of ketones is 1. The van der Waals surface area contributed by atoms with Crippen LogP contribution >= 0.6 is 0 Å². The quantitative estimate of drug-likeness (QED) is 0.606. The predicted molar refractivity (Wildman–Crippen MR) is 118 cm³/mol. The number of hydrogen-bond acceptors (Lipinski definition) is 5. The molecule has 1 heterocycles. The van der Waals surface area contributed by atoms with Crippen molar-refractivity contribution in [3.63, 3.8) is 0 Å². The van der Waals surface area contributed by atoms with Gasteiger partial charge in [0.2, 0.25) is 5.95 Å². The van der Waals surface area contributed by atoms with Gasteiger partial charge in [-0.2, -0.15) is 4.98 Å². The summed E-state index contributed by atoms with van der Waals surface area (Å²) in [7, 11) is 0. The van der Waals surface area contributed by atoms with Crippen molar-refractivity contribution < 1.29 is 4.79 Å².